The van der Waals surface area contributed by atoms with Crippen molar-refractivity contribution >= 4 is 16.6 Å². The topological polar surface area (TPSA) is 77.9 Å². The minimum atomic E-state index is -4.54. The molecule has 1 fully saturated rings. The second-order valence-electron chi connectivity index (χ2n) is 8.92. The van der Waals surface area contributed by atoms with Crippen LogP contribution in [-0.2, 0) is 26.3 Å². The van der Waals surface area contributed by atoms with Crippen molar-refractivity contribution in [3.8, 4) is 5.88 Å². The molecule has 2 aromatic heterocycles. The molecule has 1 N–H and O–H groups in total. The van der Waals surface area contributed by atoms with E-state index < -0.39 is 11.7 Å². The Morgan fingerprint density at radius 3 is 2.53 bits per heavy atom. The summed E-state index contributed by atoms with van der Waals surface area (Å²) in [4.78, 5) is 12.1. The molecule has 1 unspecified atom stereocenters. The molecule has 2 aliphatic carbocycles. The molecule has 32 heavy (non-hydrogen) atoms. The summed E-state index contributed by atoms with van der Waals surface area (Å²) >= 11 is 0. The van der Waals surface area contributed by atoms with Gasteiger partial charge < -0.3 is 5.11 Å². The van der Waals surface area contributed by atoms with Gasteiger partial charge in [0.05, 0.1) is 17.3 Å². The minimum absolute atomic E-state index is 0.0926. The summed E-state index contributed by atoms with van der Waals surface area (Å²) in [6, 6.07) is 3.24. The predicted octanol–water partition coefficient (Wildman–Crippen LogP) is 3.95. The Bertz CT molecular complexity index is 1260. The first kappa shape index (κ1) is 20.8. The van der Waals surface area contributed by atoms with Gasteiger partial charge in [-0.05, 0) is 61.1 Å². The summed E-state index contributed by atoms with van der Waals surface area (Å²) in [6.45, 7) is 1.02. The fraction of sp³-hybridized carbons (Fsp3) is 0.500. The van der Waals surface area contributed by atoms with Gasteiger partial charge in [-0.1, -0.05) is 17.4 Å². The normalized spacial score (nSPS) is 19.5. The maximum Gasteiger partial charge on any atom is 0.419 e. The number of benzene rings is 1. The van der Waals surface area contributed by atoms with Gasteiger partial charge in [-0.15, -0.1) is 5.10 Å². The SMILES string of the molecule is Cn1c(O)cn(CC2CC=C(c3ccc4c(nnn4CC4CC4)c3C(F)(F)F)CC2)c1=O. The number of rotatable bonds is 5. The molecule has 0 amide bonds. The monoisotopic (exact) mass is 447 g/mol. The predicted molar refractivity (Wildman–Crippen MR) is 112 cm³/mol. The van der Waals surface area contributed by atoms with Gasteiger partial charge in [0.2, 0.25) is 5.88 Å². The molecule has 2 aliphatic rings. The molecule has 5 rings (SSSR count). The van der Waals surface area contributed by atoms with Crippen LogP contribution in [0.1, 0.15) is 43.2 Å². The molecule has 3 aromatic rings. The van der Waals surface area contributed by atoms with E-state index in [1.807, 2.05) is 6.08 Å². The molecule has 1 saturated carbocycles. The molecule has 0 saturated heterocycles. The Morgan fingerprint density at radius 1 is 1.16 bits per heavy atom. The Kier molecular flexibility index (Phi) is 4.90. The molecule has 0 spiro atoms. The van der Waals surface area contributed by atoms with Crippen LogP contribution < -0.4 is 5.69 Å². The van der Waals surface area contributed by atoms with Crippen molar-refractivity contribution in [2.75, 3.05) is 0 Å². The van der Waals surface area contributed by atoms with Crippen LogP contribution in [0, 0.1) is 11.8 Å². The largest absolute Gasteiger partial charge is 0.493 e. The molecule has 0 radical (unpaired) electrons. The first-order valence-corrected chi connectivity index (χ1v) is 10.8. The quantitative estimate of drug-likeness (QED) is 0.643. The summed E-state index contributed by atoms with van der Waals surface area (Å²) in [7, 11) is 1.49. The average Bonchev–Trinajstić information content (AvgIpc) is 3.44. The van der Waals surface area contributed by atoms with E-state index in [1.165, 1.54) is 17.8 Å². The zero-order valence-corrected chi connectivity index (χ0v) is 17.6. The van der Waals surface area contributed by atoms with Crippen molar-refractivity contribution in [3.05, 3.63) is 46.0 Å². The van der Waals surface area contributed by atoms with E-state index in [0.717, 1.165) is 17.4 Å². The average molecular weight is 447 g/mol. The van der Waals surface area contributed by atoms with Crippen LogP contribution in [0.2, 0.25) is 0 Å². The lowest BCUT2D eigenvalue weighted by Gasteiger charge is -2.24. The highest BCUT2D eigenvalue weighted by Crippen LogP contribution is 2.42. The number of allylic oxidation sites excluding steroid dienone is 2. The van der Waals surface area contributed by atoms with Crippen LogP contribution in [0.15, 0.2) is 29.2 Å². The third-order valence-electron chi connectivity index (χ3n) is 6.57. The molecule has 170 valence electrons. The molecular weight excluding hydrogens is 423 g/mol. The molecule has 0 bridgehead atoms. The molecule has 10 heteroatoms. The third kappa shape index (κ3) is 3.71. The molecule has 1 aromatic carbocycles. The van der Waals surface area contributed by atoms with Crippen LogP contribution in [-0.4, -0.2) is 29.2 Å². The highest BCUT2D eigenvalue weighted by Gasteiger charge is 2.38. The summed E-state index contributed by atoms with van der Waals surface area (Å²) in [5.41, 5.74) is 0.116. The lowest BCUT2D eigenvalue weighted by Crippen LogP contribution is -2.25. The van der Waals surface area contributed by atoms with Crippen molar-refractivity contribution < 1.29 is 18.3 Å². The first-order valence-electron chi connectivity index (χ1n) is 10.8. The highest BCUT2D eigenvalue weighted by molar-refractivity contribution is 5.86. The van der Waals surface area contributed by atoms with E-state index in [4.69, 9.17) is 0 Å². The smallest absolute Gasteiger partial charge is 0.419 e. The van der Waals surface area contributed by atoms with E-state index in [0.29, 0.717) is 49.4 Å². The van der Waals surface area contributed by atoms with E-state index in [-0.39, 0.29) is 28.6 Å². The summed E-state index contributed by atoms with van der Waals surface area (Å²) in [5.74, 6) is 0.474. The second kappa shape index (κ2) is 7.53. The number of imidazole rings is 1. The van der Waals surface area contributed by atoms with Crippen LogP contribution >= 0.6 is 0 Å². The number of halogens is 3. The summed E-state index contributed by atoms with van der Waals surface area (Å²) < 4.78 is 46.5. The van der Waals surface area contributed by atoms with Crippen LogP contribution in [0.25, 0.3) is 16.6 Å². The maximum atomic E-state index is 14.1. The van der Waals surface area contributed by atoms with Gasteiger partial charge >= 0.3 is 11.9 Å². The molecule has 1 atom stereocenters. The van der Waals surface area contributed by atoms with Gasteiger partial charge in [0.15, 0.2) is 0 Å². The fourth-order valence-corrected chi connectivity index (χ4v) is 4.55. The van der Waals surface area contributed by atoms with Crippen molar-refractivity contribution in [2.24, 2.45) is 18.9 Å². The molecule has 0 aliphatic heterocycles. The maximum absolute atomic E-state index is 14.1. The van der Waals surface area contributed by atoms with Gasteiger partial charge in [0.1, 0.15) is 5.52 Å². The lowest BCUT2D eigenvalue weighted by molar-refractivity contribution is -0.136. The number of alkyl halides is 3. The van der Waals surface area contributed by atoms with E-state index in [2.05, 4.69) is 10.3 Å². The number of nitrogens with zero attached hydrogens (tertiary/aromatic N) is 5. The second-order valence-corrected chi connectivity index (χ2v) is 8.92. The lowest BCUT2D eigenvalue weighted by atomic mass is 9.84. The number of aromatic nitrogens is 5. The first-order chi connectivity index (χ1) is 15.2. The number of aromatic hydroxyl groups is 1. The Hall–Kier alpha value is -3.04. The van der Waals surface area contributed by atoms with Crippen molar-refractivity contribution in [2.45, 2.75) is 51.4 Å². The van der Waals surface area contributed by atoms with Gasteiger partial charge in [0, 0.05) is 20.1 Å². The highest BCUT2D eigenvalue weighted by atomic mass is 19.4. The van der Waals surface area contributed by atoms with E-state index in [9.17, 15) is 23.1 Å². The van der Waals surface area contributed by atoms with Gasteiger partial charge in [-0.3, -0.25) is 9.13 Å². The van der Waals surface area contributed by atoms with Crippen LogP contribution in [0.3, 0.4) is 0 Å². The van der Waals surface area contributed by atoms with Crippen molar-refractivity contribution in [1.82, 2.24) is 24.1 Å². The molecule has 2 heterocycles. The Morgan fingerprint density at radius 2 is 1.94 bits per heavy atom. The van der Waals surface area contributed by atoms with Crippen LogP contribution in [0.5, 0.6) is 5.88 Å². The third-order valence-corrected chi connectivity index (χ3v) is 6.57. The van der Waals surface area contributed by atoms with Gasteiger partial charge in [-0.2, -0.15) is 13.2 Å². The number of hydrogen-bond donors (Lipinski definition) is 1. The minimum Gasteiger partial charge on any atom is -0.493 e. The number of hydrogen-bond acceptors (Lipinski definition) is 4. The molecular formula is C22H24F3N5O2. The zero-order chi connectivity index (χ0) is 22.6. The summed E-state index contributed by atoms with van der Waals surface area (Å²) in [5, 5.41) is 17.6. The Balaban J connectivity index is 1.44. The standard InChI is InChI=1S/C22H24F3N5O2/c1-28-18(31)12-29(21(28)32)10-13-4-6-15(7-5-13)16-8-9-17-20(19(16)22(23,24)25)26-27-30(17)11-14-2-3-14/h6,8-9,12-14,31H,2-5,7,10-11H2,1H3. The summed E-state index contributed by atoms with van der Waals surface area (Å²) in [6.07, 6.45) is 2.53. The fourth-order valence-electron chi connectivity index (χ4n) is 4.55. The van der Waals surface area contributed by atoms with E-state index >= 15 is 0 Å². The van der Waals surface area contributed by atoms with Crippen LogP contribution in [0.4, 0.5) is 13.2 Å². The van der Waals surface area contributed by atoms with Crippen molar-refractivity contribution in [3.63, 3.8) is 0 Å². The van der Waals surface area contributed by atoms with Gasteiger partial charge in [-0.25, -0.2) is 9.48 Å². The Labute approximate surface area is 181 Å². The van der Waals surface area contributed by atoms with Gasteiger partial charge in [0.25, 0.3) is 0 Å². The number of fused-ring (bicyclic) bond motifs is 1. The zero-order valence-electron chi connectivity index (χ0n) is 17.6. The van der Waals surface area contributed by atoms with E-state index in [1.54, 1.807) is 16.8 Å². The van der Waals surface area contributed by atoms with Crippen molar-refractivity contribution in [1.29, 1.82) is 0 Å². The molecule has 7 nitrogen and oxygen atoms in total.